The summed E-state index contributed by atoms with van der Waals surface area (Å²) in [6, 6.07) is 0.210. The van der Waals surface area contributed by atoms with Crippen molar-refractivity contribution in [3.8, 4) is 0 Å². The molecule has 0 spiro atoms. The maximum absolute atomic E-state index is 12.5. The van der Waals surface area contributed by atoms with Crippen molar-refractivity contribution in [3.05, 3.63) is 10.4 Å². The maximum Gasteiger partial charge on any atom is 0.328 e. The second-order valence-corrected chi connectivity index (χ2v) is 5.37. The number of hydrogen-bond acceptors (Lipinski definition) is 5. The first-order valence-corrected chi connectivity index (χ1v) is 7.41. The van der Waals surface area contributed by atoms with Crippen LogP contribution in [0.3, 0.4) is 0 Å². The minimum absolute atomic E-state index is 0.157. The highest BCUT2D eigenvalue weighted by Gasteiger charge is 2.53. The van der Waals surface area contributed by atoms with E-state index < -0.39 is 5.54 Å². The van der Waals surface area contributed by atoms with E-state index in [0.29, 0.717) is 19.7 Å². The number of ether oxygens (including phenoxy) is 1. The third-order valence-corrected chi connectivity index (χ3v) is 4.33. The minimum atomic E-state index is -0.624. The lowest BCUT2D eigenvalue weighted by Gasteiger charge is -2.39. The van der Waals surface area contributed by atoms with Gasteiger partial charge in [-0.2, -0.15) is 0 Å². The smallest absolute Gasteiger partial charge is 0.328 e. The summed E-state index contributed by atoms with van der Waals surface area (Å²) in [5.41, 5.74) is 7.71. The van der Waals surface area contributed by atoms with E-state index in [9.17, 15) is 4.79 Å². The number of piperidine rings is 1. The van der Waals surface area contributed by atoms with Crippen molar-refractivity contribution in [1.29, 1.82) is 0 Å². The molecule has 2 unspecified atom stereocenters. The van der Waals surface area contributed by atoms with Crippen LogP contribution in [0.2, 0.25) is 0 Å². The van der Waals surface area contributed by atoms with E-state index >= 15 is 0 Å². The average Bonchev–Trinajstić information content (AvgIpc) is 2.84. The van der Waals surface area contributed by atoms with Gasteiger partial charge in [-0.1, -0.05) is 11.5 Å². The van der Waals surface area contributed by atoms with Crippen LogP contribution in [-0.2, 0) is 9.53 Å². The maximum atomic E-state index is 12.5. The number of fused-ring (bicyclic) bond motifs is 1. The molecule has 0 aromatic carbocycles. The summed E-state index contributed by atoms with van der Waals surface area (Å²) >= 11 is 0. The van der Waals surface area contributed by atoms with Crippen LogP contribution in [0, 0.1) is 0 Å². The largest absolute Gasteiger partial charge is 0.465 e. The quantitative estimate of drug-likeness (QED) is 0.262. The molecule has 2 saturated heterocycles. The average molecular weight is 281 g/mol. The van der Waals surface area contributed by atoms with Crippen LogP contribution in [0.4, 0.5) is 0 Å². The van der Waals surface area contributed by atoms with Gasteiger partial charge in [-0.25, -0.2) is 4.79 Å². The number of carbonyl (C=O) groups excluding carboxylic acids is 1. The second kappa shape index (κ2) is 6.92. The van der Waals surface area contributed by atoms with E-state index in [2.05, 4.69) is 20.2 Å². The van der Waals surface area contributed by atoms with Crippen molar-refractivity contribution < 1.29 is 9.53 Å². The Bertz CT molecular complexity index is 396. The molecule has 0 aliphatic carbocycles. The van der Waals surface area contributed by atoms with Crippen LogP contribution in [0.15, 0.2) is 5.11 Å². The van der Waals surface area contributed by atoms with Gasteiger partial charge in [0.1, 0.15) is 5.54 Å². The van der Waals surface area contributed by atoms with Crippen LogP contribution in [0.25, 0.3) is 10.4 Å². The fourth-order valence-electron chi connectivity index (χ4n) is 3.45. The van der Waals surface area contributed by atoms with Gasteiger partial charge in [-0.05, 0) is 38.3 Å². The summed E-state index contributed by atoms with van der Waals surface area (Å²) in [5.74, 6) is -0.157. The van der Waals surface area contributed by atoms with Gasteiger partial charge in [-0.3, -0.25) is 4.90 Å². The summed E-state index contributed by atoms with van der Waals surface area (Å²) < 4.78 is 5.30. The van der Waals surface area contributed by atoms with Crippen molar-refractivity contribution in [2.24, 2.45) is 5.11 Å². The highest BCUT2D eigenvalue weighted by molar-refractivity contribution is 5.82. The number of rotatable bonds is 6. The Morgan fingerprint density at radius 1 is 1.55 bits per heavy atom. The first-order chi connectivity index (χ1) is 9.74. The van der Waals surface area contributed by atoms with Crippen molar-refractivity contribution in [1.82, 2.24) is 10.2 Å². The van der Waals surface area contributed by atoms with E-state index in [1.54, 1.807) is 0 Å². The van der Waals surface area contributed by atoms with Crippen molar-refractivity contribution in [3.63, 3.8) is 0 Å². The lowest BCUT2D eigenvalue weighted by molar-refractivity contribution is -0.152. The molecule has 7 heteroatoms. The third kappa shape index (κ3) is 2.90. The van der Waals surface area contributed by atoms with Gasteiger partial charge in [0.25, 0.3) is 0 Å². The van der Waals surface area contributed by atoms with Gasteiger partial charge in [-0.15, -0.1) is 0 Å². The zero-order chi connectivity index (χ0) is 14.4. The predicted molar refractivity (Wildman–Crippen MR) is 75.2 cm³/mol. The van der Waals surface area contributed by atoms with Gasteiger partial charge in [0.05, 0.1) is 6.61 Å². The SMILES string of the molecule is CCOC(=O)C1(NCCN=[N+]=[N-])CCN2CCCCC21. The molecule has 2 heterocycles. The van der Waals surface area contributed by atoms with Crippen molar-refractivity contribution in [2.45, 2.75) is 44.2 Å². The van der Waals surface area contributed by atoms with Crippen LogP contribution >= 0.6 is 0 Å². The zero-order valence-electron chi connectivity index (χ0n) is 12.0. The Labute approximate surface area is 119 Å². The van der Waals surface area contributed by atoms with Crippen LogP contribution in [-0.4, -0.2) is 55.2 Å². The highest BCUT2D eigenvalue weighted by atomic mass is 16.5. The Balaban J connectivity index is 2.11. The van der Waals surface area contributed by atoms with Gasteiger partial charge in [0.15, 0.2) is 0 Å². The Morgan fingerprint density at radius 3 is 3.15 bits per heavy atom. The Morgan fingerprint density at radius 2 is 2.40 bits per heavy atom. The standard InChI is InChI=1S/C13H23N5O2/c1-2-20-12(19)13(15-7-8-16-17-14)6-10-18-9-4-3-5-11(13)18/h11,15H,2-10H2,1H3. The molecule has 0 aromatic heterocycles. The molecule has 1 N–H and O–H groups in total. The van der Waals surface area contributed by atoms with Gasteiger partial charge in [0, 0.05) is 30.6 Å². The summed E-state index contributed by atoms with van der Waals surface area (Å²) in [6.07, 6.45) is 4.15. The second-order valence-electron chi connectivity index (χ2n) is 5.37. The third-order valence-electron chi connectivity index (χ3n) is 4.33. The summed E-state index contributed by atoms with van der Waals surface area (Å²) in [4.78, 5) is 17.6. The summed E-state index contributed by atoms with van der Waals surface area (Å²) in [5, 5.41) is 6.86. The number of carbonyl (C=O) groups is 1. The fraction of sp³-hybridized carbons (Fsp3) is 0.923. The van der Waals surface area contributed by atoms with Crippen LogP contribution < -0.4 is 5.32 Å². The van der Waals surface area contributed by atoms with Crippen LogP contribution in [0.1, 0.15) is 32.6 Å². The molecule has 20 heavy (non-hydrogen) atoms. The molecular weight excluding hydrogens is 258 g/mol. The molecule has 2 atom stereocenters. The molecule has 2 aliphatic heterocycles. The molecule has 0 bridgehead atoms. The highest BCUT2D eigenvalue weighted by Crippen LogP contribution is 2.36. The molecule has 2 rings (SSSR count). The van der Waals surface area contributed by atoms with E-state index in [0.717, 1.165) is 32.4 Å². The summed E-state index contributed by atoms with van der Waals surface area (Å²) in [6.45, 7) is 5.07. The van der Waals surface area contributed by atoms with Crippen LogP contribution in [0.5, 0.6) is 0 Å². The van der Waals surface area contributed by atoms with Gasteiger partial charge < -0.3 is 10.1 Å². The molecule has 2 aliphatic rings. The molecule has 7 nitrogen and oxygen atoms in total. The monoisotopic (exact) mass is 281 g/mol. The molecule has 0 saturated carbocycles. The lowest BCUT2D eigenvalue weighted by atomic mass is 9.85. The first kappa shape index (κ1) is 15.1. The number of azide groups is 1. The van der Waals surface area contributed by atoms with E-state index in [1.165, 1.54) is 6.42 Å². The topological polar surface area (TPSA) is 90.3 Å². The Kier molecular flexibility index (Phi) is 5.23. The first-order valence-electron chi connectivity index (χ1n) is 7.41. The molecule has 2 fully saturated rings. The fourth-order valence-corrected chi connectivity index (χ4v) is 3.45. The molecule has 0 amide bonds. The van der Waals surface area contributed by atoms with Crippen molar-refractivity contribution >= 4 is 5.97 Å². The molecule has 112 valence electrons. The number of hydrogen-bond donors (Lipinski definition) is 1. The number of esters is 1. The normalized spacial score (nSPS) is 29.6. The minimum Gasteiger partial charge on any atom is -0.465 e. The lowest BCUT2D eigenvalue weighted by Crippen LogP contribution is -2.62. The molecular formula is C13H23N5O2. The van der Waals surface area contributed by atoms with E-state index in [1.807, 2.05) is 6.92 Å². The number of nitrogens with zero attached hydrogens (tertiary/aromatic N) is 4. The molecule has 0 aromatic rings. The number of nitrogens with one attached hydrogen (secondary N) is 1. The van der Waals surface area contributed by atoms with E-state index in [-0.39, 0.29) is 12.0 Å². The van der Waals surface area contributed by atoms with E-state index in [4.69, 9.17) is 10.3 Å². The Hall–Kier alpha value is -1.30. The molecule has 0 radical (unpaired) electrons. The van der Waals surface area contributed by atoms with Gasteiger partial charge in [0.2, 0.25) is 0 Å². The zero-order valence-corrected chi connectivity index (χ0v) is 12.0. The summed E-state index contributed by atoms with van der Waals surface area (Å²) in [7, 11) is 0. The van der Waals surface area contributed by atoms with Gasteiger partial charge >= 0.3 is 5.97 Å². The van der Waals surface area contributed by atoms with Crippen molar-refractivity contribution in [2.75, 3.05) is 32.8 Å². The predicted octanol–water partition coefficient (Wildman–Crippen LogP) is 1.45.